The van der Waals surface area contributed by atoms with Gasteiger partial charge >= 0.3 is 0 Å². The number of piperazine rings is 1. The lowest BCUT2D eigenvalue weighted by atomic mass is 10.0. The number of hydrogen-bond acceptors (Lipinski definition) is 2. The Morgan fingerprint density at radius 1 is 1.06 bits per heavy atom. The lowest BCUT2D eigenvalue weighted by Crippen LogP contribution is -2.53. The molecule has 3 rings (SSSR count). The Bertz CT molecular complexity index is 277. The second kappa shape index (κ2) is 3.23. The SMILES string of the molecule is CC1(C)C(N2CCNC(C3CC3)C2)C1(C)C. The van der Waals surface area contributed by atoms with Crippen LogP contribution in [0.25, 0.3) is 0 Å². The maximum absolute atomic E-state index is 3.71. The minimum atomic E-state index is 0.512. The summed E-state index contributed by atoms with van der Waals surface area (Å²) in [7, 11) is 0. The molecule has 2 heteroatoms. The van der Waals surface area contributed by atoms with Gasteiger partial charge in [-0.25, -0.2) is 0 Å². The molecule has 2 saturated carbocycles. The maximum atomic E-state index is 3.71. The molecule has 0 aromatic heterocycles. The summed E-state index contributed by atoms with van der Waals surface area (Å²) in [5.41, 5.74) is 1.02. The third-order valence-corrected chi connectivity index (χ3v) is 5.74. The first-order valence-corrected chi connectivity index (χ1v) is 6.92. The van der Waals surface area contributed by atoms with Crippen molar-refractivity contribution in [3.8, 4) is 0 Å². The van der Waals surface area contributed by atoms with Crippen LogP contribution in [0.3, 0.4) is 0 Å². The molecule has 0 aromatic rings. The summed E-state index contributed by atoms with van der Waals surface area (Å²) in [5.74, 6) is 0.993. The highest BCUT2D eigenvalue weighted by Crippen LogP contribution is 2.65. The van der Waals surface area contributed by atoms with Gasteiger partial charge < -0.3 is 5.32 Å². The van der Waals surface area contributed by atoms with Crippen LogP contribution in [0.2, 0.25) is 0 Å². The highest BCUT2D eigenvalue weighted by atomic mass is 15.3. The van der Waals surface area contributed by atoms with Gasteiger partial charge in [0, 0.05) is 31.7 Å². The second-order valence-electron chi connectivity index (χ2n) is 7.24. The van der Waals surface area contributed by atoms with Gasteiger partial charge in [-0.3, -0.25) is 4.90 Å². The molecule has 0 spiro atoms. The molecule has 1 unspecified atom stereocenters. The maximum Gasteiger partial charge on any atom is 0.0223 e. The first-order valence-electron chi connectivity index (χ1n) is 6.92. The van der Waals surface area contributed by atoms with E-state index in [1.54, 1.807) is 0 Å². The molecule has 3 fully saturated rings. The molecule has 2 nitrogen and oxygen atoms in total. The normalized spacial score (nSPS) is 38.6. The molecule has 1 N–H and O–H groups in total. The van der Waals surface area contributed by atoms with Crippen molar-refractivity contribution in [2.24, 2.45) is 16.7 Å². The van der Waals surface area contributed by atoms with Crippen LogP contribution in [0.1, 0.15) is 40.5 Å². The fraction of sp³-hybridized carbons (Fsp3) is 1.00. The zero-order valence-corrected chi connectivity index (χ0v) is 11.2. The van der Waals surface area contributed by atoms with Crippen molar-refractivity contribution in [1.29, 1.82) is 0 Å². The Kier molecular flexibility index (Phi) is 2.23. The van der Waals surface area contributed by atoms with Gasteiger partial charge in [0.2, 0.25) is 0 Å². The summed E-state index contributed by atoms with van der Waals surface area (Å²) in [6.07, 6.45) is 2.92. The van der Waals surface area contributed by atoms with E-state index in [0.717, 1.165) is 18.0 Å². The van der Waals surface area contributed by atoms with E-state index in [1.807, 2.05) is 0 Å². The van der Waals surface area contributed by atoms with E-state index in [2.05, 4.69) is 37.9 Å². The van der Waals surface area contributed by atoms with Crippen LogP contribution in [0.15, 0.2) is 0 Å². The standard InChI is InChI=1S/C14H26N2/c1-13(2)12(14(13,3)4)16-8-7-15-11(9-16)10-5-6-10/h10-12,15H,5-9H2,1-4H3. The molecule has 0 bridgehead atoms. The molecule has 3 aliphatic rings. The molecule has 2 aliphatic carbocycles. The summed E-state index contributed by atoms with van der Waals surface area (Å²) in [4.78, 5) is 2.76. The quantitative estimate of drug-likeness (QED) is 0.770. The van der Waals surface area contributed by atoms with E-state index in [-0.39, 0.29) is 0 Å². The molecule has 1 atom stereocenters. The first-order chi connectivity index (χ1) is 7.44. The Hall–Kier alpha value is -0.0800. The molecule has 0 aromatic carbocycles. The zero-order valence-electron chi connectivity index (χ0n) is 11.2. The fourth-order valence-corrected chi connectivity index (χ4v) is 3.93. The summed E-state index contributed by atoms with van der Waals surface area (Å²) < 4.78 is 0. The highest BCUT2D eigenvalue weighted by molar-refractivity contribution is 5.19. The van der Waals surface area contributed by atoms with Gasteiger partial charge in [-0.2, -0.15) is 0 Å². The monoisotopic (exact) mass is 222 g/mol. The van der Waals surface area contributed by atoms with E-state index in [9.17, 15) is 0 Å². The first kappa shape index (κ1) is 11.0. The van der Waals surface area contributed by atoms with Crippen molar-refractivity contribution in [3.05, 3.63) is 0 Å². The average molecular weight is 222 g/mol. The Morgan fingerprint density at radius 3 is 2.19 bits per heavy atom. The van der Waals surface area contributed by atoms with Crippen molar-refractivity contribution in [2.45, 2.75) is 52.6 Å². The van der Waals surface area contributed by atoms with E-state index < -0.39 is 0 Å². The summed E-state index contributed by atoms with van der Waals surface area (Å²) in [6, 6.07) is 1.60. The molecule has 16 heavy (non-hydrogen) atoms. The van der Waals surface area contributed by atoms with Gasteiger partial charge in [-0.05, 0) is 29.6 Å². The van der Waals surface area contributed by atoms with E-state index in [4.69, 9.17) is 0 Å². The van der Waals surface area contributed by atoms with Crippen molar-refractivity contribution in [1.82, 2.24) is 10.2 Å². The fourth-order valence-electron chi connectivity index (χ4n) is 3.93. The van der Waals surface area contributed by atoms with Gasteiger partial charge in [0.15, 0.2) is 0 Å². The molecular weight excluding hydrogens is 196 g/mol. The van der Waals surface area contributed by atoms with Crippen molar-refractivity contribution in [2.75, 3.05) is 19.6 Å². The Labute approximate surface area is 99.8 Å². The molecule has 1 saturated heterocycles. The lowest BCUT2D eigenvalue weighted by molar-refractivity contribution is 0.156. The topological polar surface area (TPSA) is 15.3 Å². The van der Waals surface area contributed by atoms with Gasteiger partial charge in [0.05, 0.1) is 0 Å². The van der Waals surface area contributed by atoms with Crippen molar-refractivity contribution in [3.63, 3.8) is 0 Å². The number of nitrogens with one attached hydrogen (secondary N) is 1. The van der Waals surface area contributed by atoms with Crippen LogP contribution in [0.5, 0.6) is 0 Å². The second-order valence-corrected chi connectivity index (χ2v) is 7.24. The summed E-state index contributed by atoms with van der Waals surface area (Å²) >= 11 is 0. The van der Waals surface area contributed by atoms with Crippen LogP contribution in [-0.2, 0) is 0 Å². The van der Waals surface area contributed by atoms with Crippen LogP contribution in [0.4, 0.5) is 0 Å². The lowest BCUT2D eigenvalue weighted by Gasteiger charge is -2.35. The van der Waals surface area contributed by atoms with E-state index in [0.29, 0.717) is 10.8 Å². The average Bonchev–Trinajstić information content (AvgIpc) is 3.05. The minimum absolute atomic E-state index is 0.512. The third-order valence-electron chi connectivity index (χ3n) is 5.74. The smallest absolute Gasteiger partial charge is 0.0223 e. The van der Waals surface area contributed by atoms with Gasteiger partial charge in [-0.1, -0.05) is 27.7 Å². The largest absolute Gasteiger partial charge is 0.311 e. The van der Waals surface area contributed by atoms with Gasteiger partial charge in [0.25, 0.3) is 0 Å². The predicted molar refractivity (Wildman–Crippen MR) is 67.4 cm³/mol. The minimum Gasteiger partial charge on any atom is -0.311 e. The van der Waals surface area contributed by atoms with Crippen LogP contribution in [-0.4, -0.2) is 36.6 Å². The molecule has 1 heterocycles. The number of hydrogen-bond donors (Lipinski definition) is 1. The molecule has 0 amide bonds. The van der Waals surface area contributed by atoms with E-state index >= 15 is 0 Å². The van der Waals surface area contributed by atoms with Gasteiger partial charge in [-0.15, -0.1) is 0 Å². The molecule has 1 aliphatic heterocycles. The Balaban J connectivity index is 1.67. The predicted octanol–water partition coefficient (Wildman–Crippen LogP) is 2.10. The van der Waals surface area contributed by atoms with Crippen molar-refractivity contribution >= 4 is 0 Å². The number of rotatable bonds is 2. The van der Waals surface area contributed by atoms with Crippen LogP contribution in [0, 0.1) is 16.7 Å². The van der Waals surface area contributed by atoms with Crippen LogP contribution < -0.4 is 5.32 Å². The molecule has 0 radical (unpaired) electrons. The molecular formula is C14H26N2. The highest BCUT2D eigenvalue weighted by Gasteiger charge is 2.67. The zero-order chi connectivity index (χ0) is 11.6. The summed E-state index contributed by atoms with van der Waals surface area (Å²) in [5, 5.41) is 3.71. The Morgan fingerprint density at radius 2 is 1.69 bits per heavy atom. The number of nitrogens with zero attached hydrogens (tertiary/aromatic N) is 1. The van der Waals surface area contributed by atoms with Crippen molar-refractivity contribution < 1.29 is 0 Å². The van der Waals surface area contributed by atoms with Gasteiger partial charge in [0.1, 0.15) is 0 Å². The third kappa shape index (κ3) is 1.46. The van der Waals surface area contributed by atoms with Crippen LogP contribution >= 0.6 is 0 Å². The van der Waals surface area contributed by atoms with E-state index in [1.165, 1.54) is 32.5 Å². The molecule has 92 valence electrons. The summed E-state index contributed by atoms with van der Waals surface area (Å²) in [6.45, 7) is 13.5.